The van der Waals surface area contributed by atoms with Crippen molar-refractivity contribution < 1.29 is 13.9 Å². The summed E-state index contributed by atoms with van der Waals surface area (Å²) in [7, 11) is 0. The molecule has 1 fully saturated rings. The Labute approximate surface area is 122 Å². The van der Waals surface area contributed by atoms with Gasteiger partial charge in [-0.05, 0) is 47.0 Å². The minimum Gasteiger partial charge on any atom is -0.444 e. The number of rotatable bonds is 3. The number of nitrogens with one attached hydrogen (secondary N) is 1. The van der Waals surface area contributed by atoms with Gasteiger partial charge in [-0.1, -0.05) is 6.92 Å². The quantitative estimate of drug-likeness (QED) is 0.868. The van der Waals surface area contributed by atoms with Crippen LogP contribution in [0.1, 0.15) is 48.0 Å². The van der Waals surface area contributed by atoms with E-state index >= 15 is 0 Å². The summed E-state index contributed by atoms with van der Waals surface area (Å²) >= 11 is 0. The summed E-state index contributed by atoms with van der Waals surface area (Å²) in [5, 5.41) is 2.93. The maximum Gasteiger partial charge on any atom is 0.407 e. The predicted octanol–water partition coefficient (Wildman–Crippen LogP) is 2.97. The molecule has 1 rings (SSSR count). The zero-order valence-electron chi connectivity index (χ0n) is 13.6. The van der Waals surface area contributed by atoms with Crippen LogP contribution in [0.25, 0.3) is 0 Å². The Morgan fingerprint density at radius 1 is 1.35 bits per heavy atom. The van der Waals surface area contributed by atoms with Gasteiger partial charge in [-0.3, -0.25) is 4.90 Å². The highest BCUT2D eigenvalue weighted by Crippen LogP contribution is 2.20. The van der Waals surface area contributed by atoms with Gasteiger partial charge in [0.05, 0.1) is 0 Å². The van der Waals surface area contributed by atoms with Crippen LogP contribution in [0.15, 0.2) is 0 Å². The molecule has 0 aliphatic carbocycles. The van der Waals surface area contributed by atoms with E-state index in [9.17, 15) is 9.18 Å². The predicted molar refractivity (Wildman–Crippen MR) is 78.6 cm³/mol. The number of piperidine rings is 1. The maximum absolute atomic E-state index is 13.7. The molecule has 4 nitrogen and oxygen atoms in total. The number of carbonyl (C=O) groups is 1. The molecule has 0 aromatic heterocycles. The fourth-order valence-electron chi connectivity index (χ4n) is 2.58. The smallest absolute Gasteiger partial charge is 0.407 e. The van der Waals surface area contributed by atoms with E-state index in [2.05, 4.69) is 17.1 Å². The van der Waals surface area contributed by atoms with Gasteiger partial charge in [0, 0.05) is 25.7 Å². The highest BCUT2D eigenvalue weighted by Gasteiger charge is 2.31. The summed E-state index contributed by atoms with van der Waals surface area (Å²) in [6.45, 7) is 12.9. The Morgan fingerprint density at radius 3 is 2.40 bits per heavy atom. The lowest BCUT2D eigenvalue weighted by molar-refractivity contribution is 0.0399. The number of ether oxygens (including phenoxy) is 1. The zero-order chi connectivity index (χ0) is 15.6. The molecule has 1 N–H and O–H groups in total. The number of hydrogen-bond donors (Lipinski definition) is 1. The average Bonchev–Trinajstić information content (AvgIpc) is 2.17. The number of alkyl carbamates (subject to hydrolysis) is 1. The minimum absolute atomic E-state index is 0.101. The number of likely N-dealkylation sites (tertiary alicyclic amines) is 1. The second-order valence-corrected chi connectivity index (χ2v) is 7.47. The molecule has 2 atom stereocenters. The van der Waals surface area contributed by atoms with Crippen molar-refractivity contribution in [3.8, 4) is 0 Å². The van der Waals surface area contributed by atoms with E-state index in [1.165, 1.54) is 0 Å². The summed E-state index contributed by atoms with van der Waals surface area (Å²) in [6.07, 6.45) is 0.463. The third kappa shape index (κ3) is 6.55. The third-order valence-corrected chi connectivity index (χ3v) is 3.29. The van der Waals surface area contributed by atoms with Gasteiger partial charge in [0.2, 0.25) is 0 Å². The molecule has 2 unspecified atom stereocenters. The highest BCUT2D eigenvalue weighted by atomic mass is 19.1. The first-order valence-corrected chi connectivity index (χ1v) is 7.37. The van der Waals surface area contributed by atoms with Crippen molar-refractivity contribution in [2.75, 3.05) is 19.6 Å². The molecule has 5 heteroatoms. The van der Waals surface area contributed by atoms with Gasteiger partial charge in [0.1, 0.15) is 11.3 Å². The lowest BCUT2D eigenvalue weighted by Crippen LogP contribution is -2.52. The van der Waals surface area contributed by atoms with Crippen LogP contribution in [0.5, 0.6) is 0 Å². The summed E-state index contributed by atoms with van der Waals surface area (Å²) < 4.78 is 18.9. The van der Waals surface area contributed by atoms with Crippen LogP contribution >= 0.6 is 0 Å². The third-order valence-electron chi connectivity index (χ3n) is 3.29. The van der Waals surface area contributed by atoms with Crippen molar-refractivity contribution in [3.63, 3.8) is 0 Å². The van der Waals surface area contributed by atoms with Crippen molar-refractivity contribution in [2.45, 2.75) is 65.3 Å². The van der Waals surface area contributed by atoms with Gasteiger partial charge in [-0.15, -0.1) is 0 Å². The molecule has 118 valence electrons. The molecule has 1 saturated heterocycles. The lowest BCUT2D eigenvalue weighted by atomic mass is 9.93. The fourth-order valence-corrected chi connectivity index (χ4v) is 2.58. The first-order valence-electron chi connectivity index (χ1n) is 7.37. The van der Waals surface area contributed by atoms with Crippen molar-refractivity contribution in [1.29, 1.82) is 0 Å². The van der Waals surface area contributed by atoms with Crippen LogP contribution in [0.4, 0.5) is 9.18 Å². The van der Waals surface area contributed by atoms with E-state index in [0.717, 1.165) is 19.5 Å². The average molecular weight is 288 g/mol. The molecular formula is C15H29FN2O2. The topological polar surface area (TPSA) is 41.6 Å². The van der Waals surface area contributed by atoms with E-state index in [4.69, 9.17) is 4.74 Å². The van der Waals surface area contributed by atoms with Gasteiger partial charge < -0.3 is 10.1 Å². The molecule has 0 saturated carbocycles. The molecule has 1 amide bonds. The number of amides is 1. The number of halogens is 1. The van der Waals surface area contributed by atoms with Crippen LogP contribution in [0.3, 0.4) is 0 Å². The minimum atomic E-state index is -1.18. The molecule has 0 aromatic rings. The molecule has 0 radical (unpaired) electrons. The van der Waals surface area contributed by atoms with Gasteiger partial charge in [-0.2, -0.15) is 0 Å². The zero-order valence-corrected chi connectivity index (χ0v) is 13.6. The first-order chi connectivity index (χ1) is 8.96. The molecule has 0 spiro atoms. The Kier molecular flexibility index (Phi) is 5.41. The van der Waals surface area contributed by atoms with E-state index < -0.39 is 11.3 Å². The Bertz CT molecular complexity index is 334. The summed E-state index contributed by atoms with van der Waals surface area (Å²) in [5.74, 6) is 0.290. The second kappa shape index (κ2) is 6.29. The first kappa shape index (κ1) is 17.2. The lowest BCUT2D eigenvalue weighted by Gasteiger charge is -2.39. The maximum atomic E-state index is 13.7. The Hall–Kier alpha value is -0.840. The van der Waals surface area contributed by atoms with Crippen molar-refractivity contribution in [3.05, 3.63) is 0 Å². The molecule has 1 heterocycles. The Balaban J connectivity index is 2.43. The SMILES string of the molecule is CC1CN(CC(C)(C)F)CCC1NC(=O)OC(C)(C)C. The van der Waals surface area contributed by atoms with Crippen LogP contribution in [0.2, 0.25) is 0 Å². The van der Waals surface area contributed by atoms with E-state index in [-0.39, 0.29) is 12.1 Å². The number of carbonyl (C=O) groups excluding carboxylic acids is 1. The normalized spacial score (nSPS) is 25.4. The molecule has 20 heavy (non-hydrogen) atoms. The Morgan fingerprint density at radius 2 is 1.95 bits per heavy atom. The van der Waals surface area contributed by atoms with E-state index in [0.29, 0.717) is 12.5 Å². The number of nitrogens with zero attached hydrogens (tertiary/aromatic N) is 1. The van der Waals surface area contributed by atoms with E-state index in [1.807, 2.05) is 20.8 Å². The second-order valence-electron chi connectivity index (χ2n) is 7.47. The van der Waals surface area contributed by atoms with Gasteiger partial charge in [0.15, 0.2) is 0 Å². The standard InChI is InChI=1S/C15H29FN2O2/c1-11-9-18(10-15(5,6)16)8-7-12(11)17-13(19)20-14(2,3)4/h11-12H,7-10H2,1-6H3,(H,17,19). The number of hydrogen-bond acceptors (Lipinski definition) is 3. The van der Waals surface area contributed by atoms with Crippen molar-refractivity contribution >= 4 is 6.09 Å². The monoisotopic (exact) mass is 288 g/mol. The summed E-state index contributed by atoms with van der Waals surface area (Å²) in [6, 6.07) is 0.101. The summed E-state index contributed by atoms with van der Waals surface area (Å²) in [5.41, 5.74) is -1.66. The fraction of sp³-hybridized carbons (Fsp3) is 0.933. The largest absolute Gasteiger partial charge is 0.444 e. The van der Waals surface area contributed by atoms with Crippen LogP contribution in [0, 0.1) is 5.92 Å². The summed E-state index contributed by atoms with van der Waals surface area (Å²) in [4.78, 5) is 13.9. The molecule has 0 bridgehead atoms. The highest BCUT2D eigenvalue weighted by molar-refractivity contribution is 5.68. The van der Waals surface area contributed by atoms with Crippen LogP contribution in [-0.4, -0.2) is 47.9 Å². The van der Waals surface area contributed by atoms with Crippen LogP contribution in [-0.2, 0) is 4.74 Å². The molecule has 1 aliphatic heterocycles. The van der Waals surface area contributed by atoms with Crippen molar-refractivity contribution in [1.82, 2.24) is 10.2 Å². The van der Waals surface area contributed by atoms with E-state index in [1.54, 1.807) is 13.8 Å². The molecular weight excluding hydrogens is 259 g/mol. The van der Waals surface area contributed by atoms with Gasteiger partial charge in [0.25, 0.3) is 0 Å². The van der Waals surface area contributed by atoms with Crippen LogP contribution < -0.4 is 5.32 Å². The van der Waals surface area contributed by atoms with Gasteiger partial charge >= 0.3 is 6.09 Å². The van der Waals surface area contributed by atoms with Gasteiger partial charge in [-0.25, -0.2) is 9.18 Å². The number of alkyl halides is 1. The van der Waals surface area contributed by atoms with Crippen molar-refractivity contribution in [2.24, 2.45) is 5.92 Å². The molecule has 0 aromatic carbocycles. The molecule has 1 aliphatic rings.